The minimum Gasteiger partial charge on any atom is -0.388 e. The van der Waals surface area contributed by atoms with Crippen LogP contribution >= 0.6 is 0 Å². The number of aliphatic hydroxyl groups excluding tert-OH is 4. The van der Waals surface area contributed by atoms with Crippen LogP contribution in [0.4, 0.5) is 0 Å². The van der Waals surface area contributed by atoms with Gasteiger partial charge >= 0.3 is 0 Å². The molecule has 0 saturated carbocycles. The first-order valence-electron chi connectivity index (χ1n) is 4.26. The molecule has 1 heterocycles. The van der Waals surface area contributed by atoms with Gasteiger partial charge in [0.1, 0.15) is 18.3 Å². The van der Waals surface area contributed by atoms with Gasteiger partial charge in [0.25, 0.3) is 10.1 Å². The smallest absolute Gasteiger partial charge is 0.294 e. The van der Waals surface area contributed by atoms with E-state index < -0.39 is 46.2 Å². The van der Waals surface area contributed by atoms with Crippen molar-refractivity contribution in [3.8, 4) is 0 Å². The molecule has 1 rings (SSSR count). The Morgan fingerprint density at radius 1 is 1.19 bits per heavy atom. The Morgan fingerprint density at radius 3 is 2.12 bits per heavy atom. The molecule has 9 nitrogen and oxygen atoms in total. The van der Waals surface area contributed by atoms with Crippen molar-refractivity contribution in [3.63, 3.8) is 0 Å². The van der Waals surface area contributed by atoms with Crippen LogP contribution in [0.15, 0.2) is 0 Å². The fraction of sp³-hybridized carbons (Fsp3) is 1.00. The second-order valence-electron chi connectivity index (χ2n) is 3.46. The molecule has 6 atom stereocenters. The van der Waals surface area contributed by atoms with E-state index in [2.05, 4.69) is 4.74 Å². The molecule has 10 heteroatoms. The summed E-state index contributed by atoms with van der Waals surface area (Å²) in [5.74, 6) is 0. The summed E-state index contributed by atoms with van der Waals surface area (Å²) >= 11 is 0. The largest absolute Gasteiger partial charge is 0.388 e. The molecule has 1 aliphatic heterocycles. The van der Waals surface area contributed by atoms with Crippen molar-refractivity contribution >= 4 is 10.1 Å². The topological polar surface area (TPSA) is 171 Å². The summed E-state index contributed by atoms with van der Waals surface area (Å²) in [5, 5.41) is 36.9. The minimum atomic E-state index is -4.89. The fourth-order valence-corrected chi connectivity index (χ4v) is 1.89. The monoisotopic (exact) mass is 259 g/mol. The maximum atomic E-state index is 10.6. The zero-order valence-electron chi connectivity index (χ0n) is 7.91. The van der Waals surface area contributed by atoms with Crippen LogP contribution in [0.3, 0.4) is 0 Å². The molecule has 16 heavy (non-hydrogen) atoms. The van der Waals surface area contributed by atoms with Gasteiger partial charge in [0.2, 0.25) is 5.44 Å². The summed E-state index contributed by atoms with van der Waals surface area (Å²) in [5.41, 5.74) is 2.72. The van der Waals surface area contributed by atoms with E-state index in [-0.39, 0.29) is 0 Å². The van der Waals surface area contributed by atoms with Crippen LogP contribution in [-0.4, -0.2) is 69.5 Å². The Bertz CT molecular complexity index is 344. The molecule has 1 aliphatic rings. The molecule has 0 radical (unpaired) electrons. The number of rotatable bonds is 2. The van der Waals surface area contributed by atoms with Crippen molar-refractivity contribution in [1.29, 1.82) is 0 Å². The SMILES string of the molecule is N[C@H]1C(O)O[C@H](C(O)S(=O)(=O)O)[C@H](O)[C@@H]1O. The van der Waals surface area contributed by atoms with Crippen molar-refractivity contribution in [1.82, 2.24) is 0 Å². The third kappa shape index (κ3) is 2.49. The van der Waals surface area contributed by atoms with Crippen LogP contribution in [0.2, 0.25) is 0 Å². The average molecular weight is 259 g/mol. The van der Waals surface area contributed by atoms with Gasteiger partial charge < -0.3 is 30.9 Å². The number of hydrogen-bond acceptors (Lipinski definition) is 8. The van der Waals surface area contributed by atoms with Crippen molar-refractivity contribution in [2.24, 2.45) is 5.73 Å². The molecule has 0 aromatic carbocycles. The number of aliphatic hydroxyl groups is 4. The first kappa shape index (κ1) is 13.7. The number of hydrogen-bond donors (Lipinski definition) is 6. The molecule has 0 bridgehead atoms. The molecule has 1 saturated heterocycles. The van der Waals surface area contributed by atoms with Crippen molar-refractivity contribution in [3.05, 3.63) is 0 Å². The lowest BCUT2D eigenvalue weighted by atomic mass is 9.98. The zero-order chi connectivity index (χ0) is 12.7. The molecule has 0 aromatic heterocycles. The van der Waals surface area contributed by atoms with Gasteiger partial charge in [-0.2, -0.15) is 8.42 Å². The second-order valence-corrected chi connectivity index (χ2v) is 4.97. The van der Waals surface area contributed by atoms with E-state index in [4.69, 9.17) is 20.5 Å². The Morgan fingerprint density at radius 2 is 1.69 bits per heavy atom. The van der Waals surface area contributed by atoms with E-state index in [1.54, 1.807) is 0 Å². The van der Waals surface area contributed by atoms with Gasteiger partial charge in [-0.1, -0.05) is 0 Å². The van der Waals surface area contributed by atoms with Crippen LogP contribution in [0.25, 0.3) is 0 Å². The third-order valence-electron chi connectivity index (χ3n) is 2.29. The molecular formula is C6H13NO8S. The van der Waals surface area contributed by atoms with Gasteiger partial charge in [0.15, 0.2) is 6.29 Å². The Balaban J connectivity index is 2.90. The summed E-state index contributed by atoms with van der Waals surface area (Å²) in [6.07, 6.45) is -7.19. The second kappa shape index (κ2) is 4.50. The van der Waals surface area contributed by atoms with Crippen LogP contribution in [0, 0.1) is 0 Å². The van der Waals surface area contributed by atoms with Gasteiger partial charge in [0, 0.05) is 0 Å². The molecule has 0 aliphatic carbocycles. The zero-order valence-corrected chi connectivity index (χ0v) is 8.73. The lowest BCUT2D eigenvalue weighted by Gasteiger charge is -2.39. The van der Waals surface area contributed by atoms with E-state index in [0.29, 0.717) is 0 Å². The van der Waals surface area contributed by atoms with Gasteiger partial charge in [-0.25, -0.2) is 0 Å². The lowest BCUT2D eigenvalue weighted by Crippen LogP contribution is -2.64. The van der Waals surface area contributed by atoms with E-state index >= 15 is 0 Å². The van der Waals surface area contributed by atoms with E-state index in [1.807, 2.05) is 0 Å². The van der Waals surface area contributed by atoms with E-state index in [0.717, 1.165) is 0 Å². The third-order valence-corrected chi connectivity index (χ3v) is 3.17. The van der Waals surface area contributed by atoms with Gasteiger partial charge in [-0.3, -0.25) is 4.55 Å². The van der Waals surface area contributed by atoms with E-state index in [9.17, 15) is 18.6 Å². The number of nitrogens with two attached hydrogens (primary N) is 1. The van der Waals surface area contributed by atoms with Gasteiger partial charge in [0.05, 0.1) is 6.04 Å². The molecule has 1 fully saturated rings. The Hall–Kier alpha value is -0.330. The first-order chi connectivity index (χ1) is 7.16. The summed E-state index contributed by atoms with van der Waals surface area (Å²) in [4.78, 5) is 0. The lowest BCUT2D eigenvalue weighted by molar-refractivity contribution is -0.253. The minimum absolute atomic E-state index is 1.35. The highest BCUT2D eigenvalue weighted by Gasteiger charge is 2.48. The van der Waals surface area contributed by atoms with Crippen LogP contribution in [0.1, 0.15) is 0 Å². The number of ether oxygens (including phenoxy) is 1. The summed E-state index contributed by atoms with van der Waals surface area (Å²) < 4.78 is 34.2. The molecule has 7 N–H and O–H groups in total. The Labute approximate surface area is 90.8 Å². The molecule has 2 unspecified atom stereocenters. The summed E-state index contributed by atoms with van der Waals surface area (Å²) in [7, 11) is -4.89. The average Bonchev–Trinajstić information content (AvgIpc) is 2.18. The van der Waals surface area contributed by atoms with E-state index in [1.165, 1.54) is 0 Å². The fourth-order valence-electron chi connectivity index (χ4n) is 1.33. The molecule has 96 valence electrons. The molecule has 0 amide bonds. The highest BCUT2D eigenvalue weighted by atomic mass is 32.2. The maximum absolute atomic E-state index is 10.6. The van der Waals surface area contributed by atoms with Gasteiger partial charge in [-0.05, 0) is 0 Å². The highest BCUT2D eigenvalue weighted by molar-refractivity contribution is 7.86. The van der Waals surface area contributed by atoms with Crippen molar-refractivity contribution in [2.75, 3.05) is 0 Å². The quantitative estimate of drug-likeness (QED) is 0.270. The summed E-state index contributed by atoms with van der Waals surface area (Å²) in [6, 6.07) is -1.35. The van der Waals surface area contributed by atoms with Crippen molar-refractivity contribution in [2.45, 2.75) is 36.1 Å². The predicted molar refractivity (Wildman–Crippen MR) is 48.4 cm³/mol. The summed E-state index contributed by atoms with van der Waals surface area (Å²) in [6.45, 7) is 0. The predicted octanol–water partition coefficient (Wildman–Crippen LogP) is -4.04. The van der Waals surface area contributed by atoms with Gasteiger partial charge in [-0.15, -0.1) is 0 Å². The first-order valence-corrected chi connectivity index (χ1v) is 5.76. The van der Waals surface area contributed by atoms with Crippen LogP contribution in [-0.2, 0) is 14.9 Å². The normalized spacial score (nSPS) is 43.0. The Kier molecular flexibility index (Phi) is 3.87. The van der Waals surface area contributed by atoms with Crippen molar-refractivity contribution < 1.29 is 38.1 Å². The van der Waals surface area contributed by atoms with Crippen LogP contribution in [0.5, 0.6) is 0 Å². The molecular weight excluding hydrogens is 246 g/mol. The maximum Gasteiger partial charge on any atom is 0.294 e. The standard InChI is InChI=1S/C6H13NO8S/c7-1-2(8)3(9)4(15-5(1)10)6(11)16(12,13)14/h1-6,8-11H,7H2,(H,12,13,14)/t1-,2-,3-,4+,5?,6?/m1/s1. The van der Waals surface area contributed by atoms with Crippen LogP contribution < -0.4 is 5.73 Å². The molecule has 0 aromatic rings. The highest BCUT2D eigenvalue weighted by Crippen LogP contribution is 2.22. The molecule has 0 spiro atoms.